The summed E-state index contributed by atoms with van der Waals surface area (Å²) in [6.07, 6.45) is 0. The number of esters is 1. The van der Waals surface area contributed by atoms with E-state index in [1.54, 1.807) is 32.0 Å². The van der Waals surface area contributed by atoms with E-state index >= 15 is 0 Å². The van der Waals surface area contributed by atoms with Gasteiger partial charge in [0.15, 0.2) is 11.6 Å². The predicted octanol–water partition coefficient (Wildman–Crippen LogP) is 2.00. The number of aromatic nitrogens is 5. The van der Waals surface area contributed by atoms with E-state index in [0.29, 0.717) is 26.2 Å². The molecule has 0 aliphatic carbocycles. The lowest BCUT2D eigenvalue weighted by Gasteiger charge is -2.15. The number of carbonyl (C=O) groups excluding carboxylic acids is 1. The van der Waals surface area contributed by atoms with E-state index in [2.05, 4.69) is 15.6 Å². The van der Waals surface area contributed by atoms with Gasteiger partial charge in [-0.2, -0.15) is 4.73 Å². The zero-order valence-electron chi connectivity index (χ0n) is 18.2. The summed E-state index contributed by atoms with van der Waals surface area (Å²) in [5.41, 5.74) is 1.38. The van der Waals surface area contributed by atoms with Crippen molar-refractivity contribution >= 4 is 39.5 Å². The molecular formula is C21H21FN6O5. The van der Waals surface area contributed by atoms with Crippen LogP contribution >= 0.6 is 0 Å². The van der Waals surface area contributed by atoms with Crippen molar-refractivity contribution in [2.24, 2.45) is 0 Å². The number of halogens is 1. The Balaban J connectivity index is 1.75. The standard InChI is InChI=1S/C21H21FN6O5/c1-4-32-19-10-18-17(9-14(19)22)28(31)21(12(3)27(18)30)23-13-6-7-15-16(8-13)26(25-24-15)11-20(29)33-5-2/h6-10,23H,4-5,11H2,1-3H3. The van der Waals surface area contributed by atoms with E-state index in [-0.39, 0.29) is 48.1 Å². The maximum Gasteiger partial charge on any atom is 0.352 e. The fourth-order valence-electron chi connectivity index (χ4n) is 3.43. The highest BCUT2D eigenvalue weighted by molar-refractivity contribution is 5.81. The number of fused-ring (bicyclic) bond motifs is 2. The Kier molecular flexibility index (Phi) is 5.82. The molecular weight excluding hydrogens is 435 g/mol. The first-order valence-electron chi connectivity index (χ1n) is 10.2. The molecule has 0 amide bonds. The molecule has 2 aromatic heterocycles. The molecule has 0 aliphatic heterocycles. The Morgan fingerprint density at radius 2 is 1.91 bits per heavy atom. The second-order valence-corrected chi connectivity index (χ2v) is 7.11. The van der Waals surface area contributed by atoms with Crippen molar-refractivity contribution in [2.45, 2.75) is 27.3 Å². The van der Waals surface area contributed by atoms with E-state index in [9.17, 15) is 19.6 Å². The van der Waals surface area contributed by atoms with Gasteiger partial charge in [0.2, 0.25) is 5.52 Å². The molecule has 0 unspecified atom stereocenters. The molecule has 0 atom stereocenters. The molecule has 0 radical (unpaired) electrons. The molecule has 0 saturated heterocycles. The first kappa shape index (κ1) is 22.0. The van der Waals surface area contributed by atoms with Crippen LogP contribution in [0.25, 0.3) is 22.1 Å². The summed E-state index contributed by atoms with van der Waals surface area (Å²) in [6, 6.07) is 7.10. The summed E-state index contributed by atoms with van der Waals surface area (Å²) in [4.78, 5) is 11.8. The number of nitrogens with one attached hydrogen (secondary N) is 1. The third-order valence-corrected chi connectivity index (χ3v) is 4.98. The van der Waals surface area contributed by atoms with Crippen molar-refractivity contribution in [1.29, 1.82) is 0 Å². The normalized spacial score (nSPS) is 11.2. The first-order chi connectivity index (χ1) is 15.8. The smallest absolute Gasteiger partial charge is 0.352 e. The predicted molar refractivity (Wildman–Crippen MR) is 115 cm³/mol. The van der Waals surface area contributed by atoms with Gasteiger partial charge in [-0.3, -0.25) is 4.79 Å². The second kappa shape index (κ2) is 8.73. The third-order valence-electron chi connectivity index (χ3n) is 4.98. The van der Waals surface area contributed by atoms with Crippen molar-refractivity contribution in [1.82, 2.24) is 15.0 Å². The van der Waals surface area contributed by atoms with Crippen LogP contribution in [-0.4, -0.2) is 34.2 Å². The maximum absolute atomic E-state index is 14.4. The van der Waals surface area contributed by atoms with Crippen LogP contribution in [0.2, 0.25) is 0 Å². The summed E-state index contributed by atoms with van der Waals surface area (Å²) in [5.74, 6) is -1.40. The zero-order chi connectivity index (χ0) is 23.7. The number of rotatable bonds is 7. The molecule has 4 rings (SSSR count). The van der Waals surface area contributed by atoms with Crippen molar-refractivity contribution in [3.05, 3.63) is 52.3 Å². The summed E-state index contributed by atoms with van der Waals surface area (Å²) < 4.78 is 26.9. The zero-order valence-corrected chi connectivity index (χ0v) is 18.2. The number of carbonyl (C=O) groups is 1. The molecule has 1 N–H and O–H groups in total. The van der Waals surface area contributed by atoms with Crippen molar-refractivity contribution < 1.29 is 28.1 Å². The van der Waals surface area contributed by atoms with Crippen LogP contribution in [0.5, 0.6) is 5.75 Å². The molecule has 2 heterocycles. The SMILES string of the molecule is CCOC(=O)Cn1nnc2ccc(Nc3c(C)[n+]([O-])c4cc(OCC)c(F)cc4[n+]3[O-])cc21. The monoisotopic (exact) mass is 456 g/mol. The van der Waals surface area contributed by atoms with E-state index in [1.807, 2.05) is 0 Å². The summed E-state index contributed by atoms with van der Waals surface area (Å²) in [6.45, 7) is 5.18. The van der Waals surface area contributed by atoms with Gasteiger partial charge in [-0.1, -0.05) is 5.21 Å². The number of hydrogen-bond acceptors (Lipinski definition) is 8. The number of anilines is 2. The molecule has 0 fully saturated rings. The van der Waals surface area contributed by atoms with Crippen LogP contribution in [0.15, 0.2) is 30.3 Å². The van der Waals surface area contributed by atoms with Crippen LogP contribution in [0, 0.1) is 23.2 Å². The van der Waals surface area contributed by atoms with Gasteiger partial charge in [0.1, 0.15) is 17.7 Å². The van der Waals surface area contributed by atoms with Crippen molar-refractivity contribution in [2.75, 3.05) is 18.5 Å². The summed E-state index contributed by atoms with van der Waals surface area (Å²) in [7, 11) is 0. The molecule has 0 bridgehead atoms. The van der Waals surface area contributed by atoms with Crippen LogP contribution < -0.4 is 19.5 Å². The molecule has 0 saturated carbocycles. The van der Waals surface area contributed by atoms with Gasteiger partial charge in [0, 0.05) is 19.1 Å². The molecule has 33 heavy (non-hydrogen) atoms. The lowest BCUT2D eigenvalue weighted by atomic mass is 10.2. The molecule has 0 aliphatic rings. The Hall–Kier alpha value is -4.22. The maximum atomic E-state index is 14.4. The number of nitrogens with zero attached hydrogens (tertiary/aromatic N) is 5. The van der Waals surface area contributed by atoms with E-state index < -0.39 is 11.8 Å². The number of benzene rings is 2. The summed E-state index contributed by atoms with van der Waals surface area (Å²) >= 11 is 0. The second-order valence-electron chi connectivity index (χ2n) is 7.11. The van der Waals surface area contributed by atoms with Gasteiger partial charge < -0.3 is 19.9 Å². The highest BCUT2D eigenvalue weighted by atomic mass is 19.1. The number of ether oxygens (including phenoxy) is 2. The molecule has 11 nitrogen and oxygen atoms in total. The number of hydrogen-bond donors (Lipinski definition) is 1. The minimum absolute atomic E-state index is 0.0231. The molecule has 2 aromatic carbocycles. The highest BCUT2D eigenvalue weighted by Gasteiger charge is 2.26. The van der Waals surface area contributed by atoms with Gasteiger partial charge in [-0.05, 0) is 26.0 Å². The lowest BCUT2D eigenvalue weighted by molar-refractivity contribution is -0.623. The van der Waals surface area contributed by atoms with E-state index in [0.717, 1.165) is 6.07 Å². The van der Waals surface area contributed by atoms with Gasteiger partial charge in [-0.15, -0.1) is 5.10 Å². The highest BCUT2D eigenvalue weighted by Crippen LogP contribution is 2.25. The van der Waals surface area contributed by atoms with E-state index in [4.69, 9.17) is 9.47 Å². The molecule has 12 heteroatoms. The Bertz CT molecular complexity index is 1370. The minimum atomic E-state index is -0.751. The molecule has 0 spiro atoms. The van der Waals surface area contributed by atoms with E-state index in [1.165, 1.54) is 17.7 Å². The largest absolute Gasteiger partial charge is 0.710 e. The van der Waals surface area contributed by atoms with Crippen LogP contribution in [0.3, 0.4) is 0 Å². The van der Waals surface area contributed by atoms with Gasteiger partial charge in [0.25, 0.3) is 11.2 Å². The third kappa shape index (κ3) is 4.02. The molecule has 172 valence electrons. The topological polar surface area (TPSA) is 132 Å². The average molecular weight is 456 g/mol. The average Bonchev–Trinajstić information content (AvgIpc) is 3.18. The summed E-state index contributed by atoms with van der Waals surface area (Å²) in [5, 5.41) is 36.7. The fourth-order valence-corrected chi connectivity index (χ4v) is 3.43. The van der Waals surface area contributed by atoms with Gasteiger partial charge >= 0.3 is 11.8 Å². The molecule has 4 aromatic rings. The first-order valence-corrected chi connectivity index (χ1v) is 10.2. The fraction of sp³-hybridized carbons (Fsp3) is 0.286. The Morgan fingerprint density at radius 1 is 1.15 bits per heavy atom. The van der Waals surface area contributed by atoms with Crippen molar-refractivity contribution in [3.63, 3.8) is 0 Å². The van der Waals surface area contributed by atoms with Crippen LogP contribution in [0.4, 0.5) is 15.9 Å². The van der Waals surface area contributed by atoms with Crippen LogP contribution in [-0.2, 0) is 16.1 Å². The minimum Gasteiger partial charge on any atom is -0.710 e. The lowest BCUT2D eigenvalue weighted by Crippen LogP contribution is -2.43. The van der Waals surface area contributed by atoms with Gasteiger partial charge in [-0.25, -0.2) is 19.1 Å². The quantitative estimate of drug-likeness (QED) is 0.254. The Morgan fingerprint density at radius 3 is 2.64 bits per heavy atom. The Labute approximate surface area is 187 Å². The van der Waals surface area contributed by atoms with Crippen LogP contribution in [0.1, 0.15) is 19.5 Å². The van der Waals surface area contributed by atoms with Crippen molar-refractivity contribution in [3.8, 4) is 5.75 Å². The van der Waals surface area contributed by atoms with Gasteiger partial charge in [0.05, 0.1) is 24.8 Å².